The van der Waals surface area contributed by atoms with Crippen molar-refractivity contribution < 1.29 is 0 Å². The van der Waals surface area contributed by atoms with Crippen LogP contribution < -0.4 is 4.81 Å². The van der Waals surface area contributed by atoms with Crippen molar-refractivity contribution in [2.75, 3.05) is 4.81 Å². The van der Waals surface area contributed by atoms with E-state index < -0.39 is 0 Å². The Hall–Kier alpha value is -1.35. The second-order valence-corrected chi connectivity index (χ2v) is 6.87. The number of nitrogens with zero attached hydrogens (tertiary/aromatic N) is 1. The van der Waals surface area contributed by atoms with Gasteiger partial charge < -0.3 is 4.81 Å². The third-order valence-electron chi connectivity index (χ3n) is 4.07. The lowest BCUT2D eigenvalue weighted by Crippen LogP contribution is -2.36. The molecule has 0 amide bonds. The maximum absolute atomic E-state index is 2.40. The van der Waals surface area contributed by atoms with E-state index in [2.05, 4.69) is 76.0 Å². The van der Waals surface area contributed by atoms with Crippen LogP contribution in [0.15, 0.2) is 47.4 Å². The molecule has 1 nitrogen and oxygen atoms in total. The number of rotatable bonds is 1. The van der Waals surface area contributed by atoms with E-state index in [1.807, 2.05) is 11.8 Å². The highest BCUT2D eigenvalue weighted by molar-refractivity contribution is 8.01. The quantitative estimate of drug-likeness (QED) is 0.726. The van der Waals surface area contributed by atoms with Gasteiger partial charge in [-0.05, 0) is 44.0 Å². The summed E-state index contributed by atoms with van der Waals surface area (Å²) in [7, 11) is 2.20. The first-order chi connectivity index (χ1) is 9.02. The normalized spacial score (nSPS) is 21.5. The van der Waals surface area contributed by atoms with Crippen molar-refractivity contribution >= 4 is 25.4 Å². The van der Waals surface area contributed by atoms with Crippen molar-refractivity contribution in [3.05, 3.63) is 59.2 Å². The lowest BCUT2D eigenvalue weighted by Gasteiger charge is -2.35. The Morgan fingerprint density at radius 3 is 2.58 bits per heavy atom. The minimum atomic E-state index is -0.0141. The van der Waals surface area contributed by atoms with Gasteiger partial charge in [-0.1, -0.05) is 47.7 Å². The fourth-order valence-corrected chi connectivity index (χ4v) is 4.25. The molecule has 0 spiro atoms. The van der Waals surface area contributed by atoms with Crippen molar-refractivity contribution in [1.29, 1.82) is 0 Å². The van der Waals surface area contributed by atoms with Gasteiger partial charge in [-0.3, -0.25) is 0 Å². The van der Waals surface area contributed by atoms with Crippen LogP contribution in [0.1, 0.15) is 23.6 Å². The van der Waals surface area contributed by atoms with Gasteiger partial charge in [0.05, 0.1) is 0 Å². The van der Waals surface area contributed by atoms with Gasteiger partial charge in [0, 0.05) is 10.6 Å². The van der Waals surface area contributed by atoms with Crippen molar-refractivity contribution in [3.63, 3.8) is 0 Å². The Labute approximate surface area is 120 Å². The molecular formula is C16H18BNS. The summed E-state index contributed by atoms with van der Waals surface area (Å²) >= 11 is 1.95. The maximum atomic E-state index is 2.40. The fraction of sp³-hybridized carbons (Fsp3) is 0.250. The van der Waals surface area contributed by atoms with Gasteiger partial charge in [0.15, 0.2) is 0 Å². The molecule has 0 aliphatic carbocycles. The first kappa shape index (κ1) is 12.7. The van der Waals surface area contributed by atoms with Gasteiger partial charge in [0.1, 0.15) is 4.87 Å². The van der Waals surface area contributed by atoms with Gasteiger partial charge in [0.2, 0.25) is 7.98 Å². The molecule has 0 saturated carbocycles. The molecule has 1 aliphatic rings. The molecule has 2 aromatic rings. The van der Waals surface area contributed by atoms with Gasteiger partial charge >= 0.3 is 0 Å². The lowest BCUT2D eigenvalue weighted by atomic mass is 9.96. The fourth-order valence-electron chi connectivity index (χ4n) is 2.80. The Kier molecular flexibility index (Phi) is 2.90. The van der Waals surface area contributed by atoms with Gasteiger partial charge in [-0.15, -0.1) is 0 Å². The number of para-hydroxylation sites is 1. The average Bonchev–Trinajstić information content (AvgIpc) is 2.66. The SMILES string of the molecule is BN1c2ccccc2SC1(C)c1cc(C)ccc1C. The van der Waals surface area contributed by atoms with Gasteiger partial charge in [-0.2, -0.15) is 0 Å². The van der Waals surface area contributed by atoms with Crippen LogP contribution in [0.5, 0.6) is 0 Å². The van der Waals surface area contributed by atoms with Crippen LogP contribution in [0.3, 0.4) is 0 Å². The number of thioether (sulfide) groups is 1. The number of hydrogen-bond acceptors (Lipinski definition) is 2. The molecule has 0 aromatic heterocycles. The van der Waals surface area contributed by atoms with Crippen LogP contribution in [-0.4, -0.2) is 7.98 Å². The number of anilines is 1. The molecule has 0 saturated heterocycles. The molecule has 1 unspecified atom stereocenters. The number of fused-ring (bicyclic) bond motifs is 1. The Balaban J connectivity index is 2.14. The monoisotopic (exact) mass is 267 g/mol. The summed E-state index contributed by atoms with van der Waals surface area (Å²) < 4.78 is 0. The summed E-state index contributed by atoms with van der Waals surface area (Å²) in [6.07, 6.45) is 0. The molecule has 3 rings (SSSR count). The summed E-state index contributed by atoms with van der Waals surface area (Å²) in [6.45, 7) is 6.69. The zero-order valence-electron chi connectivity index (χ0n) is 11.9. The lowest BCUT2D eigenvalue weighted by molar-refractivity contribution is 0.743. The average molecular weight is 267 g/mol. The minimum absolute atomic E-state index is 0.0141. The Morgan fingerprint density at radius 2 is 1.84 bits per heavy atom. The van der Waals surface area contributed by atoms with Crippen molar-refractivity contribution in [1.82, 2.24) is 0 Å². The Morgan fingerprint density at radius 1 is 1.11 bits per heavy atom. The molecule has 2 aromatic carbocycles. The van der Waals surface area contributed by atoms with Crippen LogP contribution >= 0.6 is 11.8 Å². The van der Waals surface area contributed by atoms with Gasteiger partial charge in [-0.25, -0.2) is 0 Å². The summed E-state index contributed by atoms with van der Waals surface area (Å²) in [4.78, 5) is 3.75. The highest BCUT2D eigenvalue weighted by Crippen LogP contribution is 2.54. The zero-order chi connectivity index (χ0) is 13.6. The predicted molar refractivity (Wildman–Crippen MR) is 86.6 cm³/mol. The largest absolute Gasteiger partial charge is 0.404 e. The van der Waals surface area contributed by atoms with Crippen LogP contribution in [0, 0.1) is 13.8 Å². The van der Waals surface area contributed by atoms with Gasteiger partial charge in [0.25, 0.3) is 0 Å². The molecule has 3 heteroatoms. The van der Waals surface area contributed by atoms with Crippen LogP contribution in [-0.2, 0) is 4.87 Å². The van der Waals surface area contributed by atoms with Crippen molar-refractivity contribution in [2.24, 2.45) is 0 Å². The van der Waals surface area contributed by atoms with Crippen molar-refractivity contribution in [2.45, 2.75) is 30.5 Å². The van der Waals surface area contributed by atoms with E-state index in [0.29, 0.717) is 0 Å². The molecule has 0 radical (unpaired) electrons. The van der Waals surface area contributed by atoms with Crippen LogP contribution in [0.2, 0.25) is 0 Å². The number of benzene rings is 2. The molecule has 1 heterocycles. The standard InChI is InChI=1S/C16H18BNS/c1-11-8-9-12(2)13(10-11)16(3)18(17)14-6-4-5-7-15(14)19-16/h4-10H,17H2,1-3H3. The third kappa shape index (κ3) is 1.88. The van der Waals surface area contributed by atoms with E-state index >= 15 is 0 Å². The predicted octanol–water partition coefficient (Wildman–Crippen LogP) is 3.64. The molecule has 0 bridgehead atoms. The zero-order valence-corrected chi connectivity index (χ0v) is 12.7. The van der Waals surface area contributed by atoms with E-state index in [4.69, 9.17) is 0 Å². The number of aryl methyl sites for hydroxylation is 2. The summed E-state index contributed by atoms with van der Waals surface area (Å²) in [5.41, 5.74) is 5.43. The molecule has 0 fully saturated rings. The highest BCUT2D eigenvalue weighted by Gasteiger charge is 2.40. The van der Waals surface area contributed by atoms with E-state index in [9.17, 15) is 0 Å². The minimum Gasteiger partial charge on any atom is -0.404 e. The van der Waals surface area contributed by atoms with E-state index in [1.54, 1.807) is 0 Å². The molecule has 96 valence electrons. The van der Waals surface area contributed by atoms with Crippen molar-refractivity contribution in [3.8, 4) is 0 Å². The first-order valence-electron chi connectivity index (χ1n) is 6.62. The van der Waals surface area contributed by atoms with E-state index in [0.717, 1.165) is 0 Å². The second-order valence-electron chi connectivity index (χ2n) is 5.43. The summed E-state index contributed by atoms with van der Waals surface area (Å²) in [5.74, 6) is 0. The van der Waals surface area contributed by atoms with Crippen LogP contribution in [0.4, 0.5) is 5.69 Å². The molecule has 1 aliphatic heterocycles. The van der Waals surface area contributed by atoms with Crippen LogP contribution in [0.25, 0.3) is 0 Å². The molecular weight excluding hydrogens is 249 g/mol. The summed E-state index contributed by atoms with van der Waals surface area (Å²) in [6, 6.07) is 15.4. The topological polar surface area (TPSA) is 3.24 Å². The highest BCUT2D eigenvalue weighted by atomic mass is 32.2. The smallest absolute Gasteiger partial charge is 0.219 e. The first-order valence-corrected chi connectivity index (χ1v) is 7.43. The summed E-state index contributed by atoms with van der Waals surface area (Å²) in [5, 5.41) is 0. The Bertz CT molecular complexity index is 640. The molecule has 0 N–H and O–H groups in total. The molecule has 19 heavy (non-hydrogen) atoms. The maximum Gasteiger partial charge on any atom is 0.219 e. The van der Waals surface area contributed by atoms with E-state index in [-0.39, 0.29) is 4.87 Å². The second kappa shape index (κ2) is 4.34. The van der Waals surface area contributed by atoms with E-state index in [1.165, 1.54) is 27.3 Å². The number of hydrogen-bond donors (Lipinski definition) is 0. The third-order valence-corrected chi connectivity index (χ3v) is 5.52. The molecule has 1 atom stereocenters.